The normalized spacial score (nSPS) is 12.9. The van der Waals surface area contributed by atoms with Gasteiger partial charge in [-0.15, -0.1) is 34.0 Å². The molecule has 21 rings (SSSR count). The monoisotopic (exact) mass is 1410 g/mol. The lowest BCUT2D eigenvalue weighted by Gasteiger charge is -2.29. The lowest BCUT2D eigenvalue weighted by Crippen LogP contribution is -2.16. The summed E-state index contributed by atoms with van der Waals surface area (Å²) in [6.07, 6.45) is 0. The third kappa shape index (κ3) is 11.3. The quantitative estimate of drug-likeness (QED) is 0.135. The van der Waals surface area contributed by atoms with Crippen LogP contribution in [-0.2, 0) is 10.8 Å². The van der Waals surface area contributed by atoms with Crippen molar-refractivity contribution in [1.29, 1.82) is 0 Å². The molecular formula is C100H73N3S3. The molecule has 0 saturated carbocycles. The molecule has 3 nitrogen and oxygen atoms in total. The maximum Gasteiger partial charge on any atom is 0.0540 e. The SMILES string of the molecule is CC1(C)c2ccccc2-c2ccc(N(c3ccc4sc5ccccc5c4c3)c3cccc4ccccc34)cc21.CC1(C)c2ccccc2-c2ccc(N(c3ccccc3)c3ccc4sc5ccccc5c4c3)cc21.c1ccc(-c2cccc(N(c3ccccc3)c3ccc4sc5ccccc5c4c3)c2)cc1. The Morgan fingerprint density at radius 2 is 0.519 bits per heavy atom. The Balaban J connectivity index is 0.000000109. The molecule has 16 aromatic carbocycles. The Hall–Kier alpha value is -12.2. The van der Waals surface area contributed by atoms with Gasteiger partial charge < -0.3 is 14.7 Å². The summed E-state index contributed by atoms with van der Waals surface area (Å²) in [5, 5.41) is 10.4. The highest BCUT2D eigenvalue weighted by molar-refractivity contribution is 7.26. The summed E-state index contributed by atoms with van der Waals surface area (Å²) in [5.41, 5.74) is 23.9. The molecule has 0 saturated heterocycles. The van der Waals surface area contributed by atoms with Crippen LogP contribution in [0.15, 0.2) is 370 Å². The summed E-state index contributed by atoms with van der Waals surface area (Å²) in [4.78, 5) is 7.19. The molecule has 2 aliphatic carbocycles. The van der Waals surface area contributed by atoms with E-state index in [1.807, 2.05) is 34.0 Å². The highest BCUT2D eigenvalue weighted by Crippen LogP contribution is 2.54. The van der Waals surface area contributed by atoms with Crippen LogP contribution in [0.3, 0.4) is 0 Å². The van der Waals surface area contributed by atoms with Crippen LogP contribution < -0.4 is 14.7 Å². The topological polar surface area (TPSA) is 9.72 Å². The Morgan fingerprint density at radius 3 is 1.01 bits per heavy atom. The molecular weight excluding hydrogens is 1340 g/mol. The van der Waals surface area contributed by atoms with Crippen LogP contribution >= 0.6 is 34.0 Å². The Kier molecular flexibility index (Phi) is 16.2. The van der Waals surface area contributed by atoms with Gasteiger partial charge in [0.2, 0.25) is 0 Å². The first-order valence-electron chi connectivity index (χ1n) is 36.4. The van der Waals surface area contributed by atoms with Crippen molar-refractivity contribution < 1.29 is 0 Å². The number of benzene rings is 16. The molecule has 6 heteroatoms. The Labute approximate surface area is 630 Å². The van der Waals surface area contributed by atoms with Gasteiger partial charge in [0.1, 0.15) is 0 Å². The van der Waals surface area contributed by atoms with Gasteiger partial charge in [-0.2, -0.15) is 0 Å². The smallest absolute Gasteiger partial charge is 0.0540 e. The molecule has 2 aliphatic rings. The highest BCUT2D eigenvalue weighted by Gasteiger charge is 2.37. The maximum atomic E-state index is 2.45. The van der Waals surface area contributed by atoms with E-state index in [4.69, 9.17) is 0 Å². The molecule has 3 aromatic heterocycles. The second-order valence-electron chi connectivity index (χ2n) is 28.7. The minimum Gasteiger partial charge on any atom is -0.310 e. The first-order valence-corrected chi connectivity index (χ1v) is 38.9. The lowest BCUT2D eigenvalue weighted by molar-refractivity contribution is 0.660. The second-order valence-corrected chi connectivity index (χ2v) is 32.0. The number of para-hydroxylation sites is 2. The van der Waals surface area contributed by atoms with E-state index in [2.05, 4.69) is 412 Å². The predicted molar refractivity (Wildman–Crippen MR) is 460 cm³/mol. The molecule has 0 atom stereocenters. The zero-order valence-corrected chi connectivity index (χ0v) is 61.7. The van der Waals surface area contributed by atoms with Gasteiger partial charge in [0.15, 0.2) is 0 Å². The number of fused-ring (bicyclic) bond motifs is 16. The first kappa shape index (κ1) is 64.7. The third-order valence-electron chi connectivity index (χ3n) is 21.8. The molecule has 0 aliphatic heterocycles. The molecule has 0 radical (unpaired) electrons. The van der Waals surface area contributed by atoms with Crippen molar-refractivity contribution in [3.63, 3.8) is 0 Å². The summed E-state index contributed by atoms with van der Waals surface area (Å²) in [6.45, 7) is 9.40. The van der Waals surface area contributed by atoms with Crippen LogP contribution in [-0.4, -0.2) is 0 Å². The molecule has 0 unspecified atom stereocenters. The minimum absolute atomic E-state index is 0.0300. The van der Waals surface area contributed by atoms with Crippen molar-refractivity contribution in [2.24, 2.45) is 0 Å². The average Bonchev–Trinajstić information content (AvgIpc) is 1.59. The number of hydrogen-bond donors (Lipinski definition) is 0. The zero-order chi connectivity index (χ0) is 71.0. The van der Waals surface area contributed by atoms with Crippen LogP contribution in [0.4, 0.5) is 51.2 Å². The van der Waals surface area contributed by atoms with E-state index in [0.29, 0.717) is 0 Å². The van der Waals surface area contributed by atoms with Crippen LogP contribution in [0.1, 0.15) is 49.9 Å². The largest absolute Gasteiger partial charge is 0.310 e. The molecule has 0 N–H and O–H groups in total. The van der Waals surface area contributed by atoms with Crippen molar-refractivity contribution in [1.82, 2.24) is 0 Å². The second kappa shape index (κ2) is 26.5. The Bertz CT molecular complexity index is 6560. The molecule has 0 spiro atoms. The summed E-state index contributed by atoms with van der Waals surface area (Å²) in [5.74, 6) is 0. The van der Waals surface area contributed by atoms with Gasteiger partial charge in [-0.3, -0.25) is 0 Å². The van der Waals surface area contributed by atoms with Crippen molar-refractivity contribution in [2.75, 3.05) is 14.7 Å². The van der Waals surface area contributed by atoms with Crippen LogP contribution in [0, 0.1) is 0 Å². The highest BCUT2D eigenvalue weighted by atomic mass is 32.1. The number of anilines is 9. The fraction of sp³-hybridized carbons (Fsp3) is 0.0600. The van der Waals surface area contributed by atoms with E-state index in [1.54, 1.807) is 0 Å². The predicted octanol–water partition coefficient (Wildman–Crippen LogP) is 30.0. The fourth-order valence-electron chi connectivity index (χ4n) is 16.6. The average molecular weight is 1410 g/mol. The summed E-state index contributed by atoms with van der Waals surface area (Å²) < 4.78 is 7.97. The van der Waals surface area contributed by atoms with E-state index in [1.165, 1.54) is 161 Å². The van der Waals surface area contributed by atoms with Gasteiger partial charge in [-0.05, 0) is 201 Å². The minimum atomic E-state index is -0.0557. The standard InChI is InChI=1S/C37H27NS.C33H25NS.C30H21NS/c1-37(2)32-15-7-5-13-28(32)29-20-18-26(23-33(29)37)38(34-16-9-11-24-10-3-4-12-27(24)34)25-19-21-36-31(22-25)30-14-6-8-17-35(30)39-36;1-33(2)29-14-8-6-12-25(29)26-18-16-24(21-30(26)33)34(22-10-4-3-5-11-22)23-17-19-32-28(20-23)27-13-7-9-15-31(27)35-32;1-3-10-22(11-4-1)23-12-9-15-25(20-23)31(24-13-5-2-6-14-24)26-18-19-30-28(21-26)27-16-7-8-17-29(27)32-30/h3-23H,1-2H3;3-21H,1-2H3;1-21H. The lowest BCUT2D eigenvalue weighted by atomic mass is 9.82. The summed E-state index contributed by atoms with van der Waals surface area (Å²) in [6, 6.07) is 135. The van der Waals surface area contributed by atoms with Crippen LogP contribution in [0.2, 0.25) is 0 Å². The maximum absolute atomic E-state index is 2.45. The van der Waals surface area contributed by atoms with Crippen LogP contribution in [0.25, 0.3) is 105 Å². The van der Waals surface area contributed by atoms with E-state index < -0.39 is 0 Å². The van der Waals surface area contributed by atoms with Crippen molar-refractivity contribution in [2.45, 2.75) is 38.5 Å². The van der Waals surface area contributed by atoms with Crippen LogP contribution in [0.5, 0.6) is 0 Å². The number of nitrogens with zero attached hydrogens (tertiary/aromatic N) is 3. The number of hydrogen-bond acceptors (Lipinski definition) is 6. The molecule has 506 valence electrons. The zero-order valence-electron chi connectivity index (χ0n) is 59.3. The van der Waals surface area contributed by atoms with E-state index in [9.17, 15) is 0 Å². The molecule has 19 aromatic rings. The van der Waals surface area contributed by atoms with Crippen molar-refractivity contribution in [3.8, 4) is 33.4 Å². The number of thiophene rings is 3. The molecule has 0 amide bonds. The molecule has 0 bridgehead atoms. The summed E-state index contributed by atoms with van der Waals surface area (Å²) in [7, 11) is 0. The summed E-state index contributed by atoms with van der Waals surface area (Å²) >= 11 is 5.59. The van der Waals surface area contributed by atoms with Gasteiger partial charge in [0.05, 0.1) is 5.69 Å². The fourth-order valence-corrected chi connectivity index (χ4v) is 19.8. The molecule has 106 heavy (non-hydrogen) atoms. The van der Waals surface area contributed by atoms with Crippen molar-refractivity contribution in [3.05, 3.63) is 392 Å². The van der Waals surface area contributed by atoms with E-state index in [0.717, 1.165) is 17.1 Å². The first-order chi connectivity index (χ1) is 52.1. The van der Waals surface area contributed by atoms with Gasteiger partial charge in [-0.1, -0.05) is 258 Å². The van der Waals surface area contributed by atoms with E-state index >= 15 is 0 Å². The van der Waals surface area contributed by atoms with Crippen molar-refractivity contribution >= 4 is 156 Å². The molecule has 0 fully saturated rings. The number of rotatable bonds is 10. The third-order valence-corrected chi connectivity index (χ3v) is 25.2. The van der Waals surface area contributed by atoms with Gasteiger partial charge in [0.25, 0.3) is 0 Å². The van der Waals surface area contributed by atoms with Gasteiger partial charge in [-0.25, -0.2) is 0 Å². The van der Waals surface area contributed by atoms with Gasteiger partial charge >= 0.3 is 0 Å². The Morgan fingerprint density at radius 1 is 0.198 bits per heavy atom. The van der Waals surface area contributed by atoms with Gasteiger partial charge in [0, 0.05) is 122 Å². The molecule has 3 heterocycles. The van der Waals surface area contributed by atoms with E-state index in [-0.39, 0.29) is 10.8 Å².